The van der Waals surface area contributed by atoms with Crippen LogP contribution in [-0.2, 0) is 0 Å². The van der Waals surface area contributed by atoms with Gasteiger partial charge in [-0.25, -0.2) is 4.98 Å². The molecule has 5 heteroatoms. The maximum atomic E-state index is 5.65. The molecular weight excluding hydrogens is 246 g/mol. The molecule has 1 aliphatic heterocycles. The molecule has 2 N–H and O–H groups in total. The number of nitrogens with two attached hydrogens (primary N) is 1. The van der Waals surface area contributed by atoms with E-state index in [-0.39, 0.29) is 0 Å². The lowest BCUT2D eigenvalue weighted by molar-refractivity contribution is 0.228. The molecular formula is C13H19N3OS. The Balaban J connectivity index is 1.83. The molecule has 0 bridgehead atoms. The fraction of sp³-hybridized carbons (Fsp3) is 0.538. The van der Waals surface area contributed by atoms with E-state index in [1.165, 1.54) is 19.4 Å². The van der Waals surface area contributed by atoms with E-state index in [1.807, 2.05) is 12.1 Å². The van der Waals surface area contributed by atoms with Crippen molar-refractivity contribution in [2.24, 2.45) is 5.73 Å². The van der Waals surface area contributed by atoms with E-state index in [0.717, 1.165) is 6.42 Å². The van der Waals surface area contributed by atoms with Crippen LogP contribution >= 0.6 is 12.2 Å². The summed E-state index contributed by atoms with van der Waals surface area (Å²) < 4.78 is 5.65. The first-order valence-corrected chi connectivity index (χ1v) is 6.67. The SMILES string of the molecule is CN1CCCC1CCOc1cccc(C(N)=S)n1. The van der Waals surface area contributed by atoms with Crippen molar-refractivity contribution in [2.45, 2.75) is 25.3 Å². The first-order valence-electron chi connectivity index (χ1n) is 6.26. The van der Waals surface area contributed by atoms with Crippen molar-refractivity contribution < 1.29 is 4.74 Å². The second-order valence-corrected chi connectivity index (χ2v) is 5.08. The zero-order valence-corrected chi connectivity index (χ0v) is 11.4. The number of ether oxygens (including phenoxy) is 1. The van der Waals surface area contributed by atoms with Crippen LogP contribution in [0, 0.1) is 0 Å². The standard InChI is InChI=1S/C13H19N3OS/c1-16-8-3-4-10(16)7-9-17-12-6-2-5-11(15-12)13(14)18/h2,5-6,10H,3-4,7-9H2,1H3,(H2,14,18). The highest BCUT2D eigenvalue weighted by atomic mass is 32.1. The van der Waals surface area contributed by atoms with E-state index < -0.39 is 0 Å². The maximum absolute atomic E-state index is 5.65. The van der Waals surface area contributed by atoms with Gasteiger partial charge in [0.15, 0.2) is 0 Å². The van der Waals surface area contributed by atoms with Crippen LogP contribution in [0.25, 0.3) is 0 Å². The van der Waals surface area contributed by atoms with Gasteiger partial charge in [0.05, 0.1) is 6.61 Å². The molecule has 98 valence electrons. The molecule has 1 aromatic rings. The second-order valence-electron chi connectivity index (χ2n) is 4.64. The topological polar surface area (TPSA) is 51.4 Å². The van der Waals surface area contributed by atoms with Gasteiger partial charge in [-0.3, -0.25) is 0 Å². The van der Waals surface area contributed by atoms with Gasteiger partial charge in [-0.05, 0) is 38.9 Å². The van der Waals surface area contributed by atoms with E-state index in [1.54, 1.807) is 6.07 Å². The lowest BCUT2D eigenvalue weighted by Crippen LogP contribution is -2.26. The van der Waals surface area contributed by atoms with Crippen LogP contribution in [0.1, 0.15) is 25.0 Å². The molecule has 18 heavy (non-hydrogen) atoms. The molecule has 0 aromatic carbocycles. The third kappa shape index (κ3) is 3.40. The van der Waals surface area contributed by atoms with Gasteiger partial charge in [0.1, 0.15) is 10.7 Å². The minimum absolute atomic E-state index is 0.302. The van der Waals surface area contributed by atoms with Gasteiger partial charge in [0, 0.05) is 12.1 Å². The number of rotatable bonds is 5. The summed E-state index contributed by atoms with van der Waals surface area (Å²) in [5, 5.41) is 0. The number of hydrogen-bond donors (Lipinski definition) is 1. The van der Waals surface area contributed by atoms with Crippen molar-refractivity contribution in [3.8, 4) is 5.88 Å². The summed E-state index contributed by atoms with van der Waals surface area (Å²) in [6.45, 7) is 1.88. The summed E-state index contributed by atoms with van der Waals surface area (Å²) in [4.78, 5) is 6.95. The number of thiocarbonyl (C=S) groups is 1. The number of pyridine rings is 1. The van der Waals surface area contributed by atoms with Gasteiger partial charge in [-0.1, -0.05) is 18.3 Å². The minimum atomic E-state index is 0.302. The van der Waals surface area contributed by atoms with Gasteiger partial charge in [-0.2, -0.15) is 0 Å². The molecule has 0 aliphatic carbocycles. The Kier molecular flexibility index (Phi) is 4.49. The summed E-state index contributed by atoms with van der Waals surface area (Å²) in [7, 11) is 2.17. The molecule has 1 aliphatic rings. The zero-order chi connectivity index (χ0) is 13.0. The fourth-order valence-electron chi connectivity index (χ4n) is 2.28. The predicted molar refractivity (Wildman–Crippen MR) is 75.9 cm³/mol. The first-order chi connectivity index (χ1) is 8.66. The quantitative estimate of drug-likeness (QED) is 0.819. The maximum Gasteiger partial charge on any atom is 0.213 e. The Morgan fingerprint density at radius 1 is 1.61 bits per heavy atom. The number of hydrogen-bond acceptors (Lipinski definition) is 4. The van der Waals surface area contributed by atoms with Gasteiger partial charge in [-0.15, -0.1) is 0 Å². The molecule has 0 amide bonds. The molecule has 1 unspecified atom stereocenters. The molecule has 1 fully saturated rings. The van der Waals surface area contributed by atoms with Crippen molar-refractivity contribution in [1.82, 2.24) is 9.88 Å². The second kappa shape index (κ2) is 6.11. The third-order valence-corrected chi connectivity index (χ3v) is 3.56. The Morgan fingerprint density at radius 2 is 2.44 bits per heavy atom. The molecule has 0 radical (unpaired) electrons. The van der Waals surface area contributed by atoms with E-state index in [9.17, 15) is 0 Å². The summed E-state index contributed by atoms with van der Waals surface area (Å²) in [6.07, 6.45) is 3.59. The van der Waals surface area contributed by atoms with Crippen LogP contribution in [0.5, 0.6) is 5.88 Å². The number of nitrogens with zero attached hydrogens (tertiary/aromatic N) is 2. The minimum Gasteiger partial charge on any atom is -0.478 e. The highest BCUT2D eigenvalue weighted by Crippen LogP contribution is 2.18. The van der Waals surface area contributed by atoms with Gasteiger partial charge < -0.3 is 15.4 Å². The van der Waals surface area contributed by atoms with Gasteiger partial charge >= 0.3 is 0 Å². The summed E-state index contributed by atoms with van der Waals surface area (Å²) in [5.74, 6) is 0.598. The first kappa shape index (κ1) is 13.2. The summed E-state index contributed by atoms with van der Waals surface area (Å²) in [5.41, 5.74) is 6.15. The Labute approximate surface area is 113 Å². The monoisotopic (exact) mass is 265 g/mol. The van der Waals surface area contributed by atoms with Crippen LogP contribution < -0.4 is 10.5 Å². The third-order valence-electron chi connectivity index (χ3n) is 3.35. The van der Waals surface area contributed by atoms with Crippen LogP contribution in [0.4, 0.5) is 0 Å². The van der Waals surface area contributed by atoms with E-state index in [0.29, 0.717) is 29.2 Å². The number of aromatic nitrogens is 1. The average molecular weight is 265 g/mol. The fourth-order valence-corrected chi connectivity index (χ4v) is 2.39. The lowest BCUT2D eigenvalue weighted by Gasteiger charge is -2.19. The van der Waals surface area contributed by atoms with Crippen molar-refractivity contribution >= 4 is 17.2 Å². The predicted octanol–water partition coefficient (Wildman–Crippen LogP) is 1.58. The highest BCUT2D eigenvalue weighted by molar-refractivity contribution is 7.80. The summed E-state index contributed by atoms with van der Waals surface area (Å²) >= 11 is 4.89. The van der Waals surface area contributed by atoms with E-state index in [2.05, 4.69) is 16.9 Å². The van der Waals surface area contributed by atoms with Crippen molar-refractivity contribution in [3.05, 3.63) is 23.9 Å². The van der Waals surface area contributed by atoms with Crippen molar-refractivity contribution in [2.75, 3.05) is 20.2 Å². The van der Waals surface area contributed by atoms with Crippen LogP contribution in [0.3, 0.4) is 0 Å². The molecule has 2 rings (SSSR count). The lowest BCUT2D eigenvalue weighted by atomic mass is 10.1. The van der Waals surface area contributed by atoms with Gasteiger partial charge in [0.25, 0.3) is 0 Å². The number of likely N-dealkylation sites (tertiary alicyclic amines) is 1. The Bertz CT molecular complexity index is 424. The largest absolute Gasteiger partial charge is 0.478 e. The van der Waals surface area contributed by atoms with Crippen molar-refractivity contribution in [3.63, 3.8) is 0 Å². The molecule has 1 aromatic heterocycles. The van der Waals surface area contributed by atoms with Gasteiger partial charge in [0.2, 0.25) is 5.88 Å². The van der Waals surface area contributed by atoms with E-state index in [4.69, 9.17) is 22.7 Å². The zero-order valence-electron chi connectivity index (χ0n) is 10.6. The summed E-state index contributed by atoms with van der Waals surface area (Å²) in [6, 6.07) is 6.13. The Hall–Kier alpha value is -1.20. The molecule has 0 spiro atoms. The smallest absolute Gasteiger partial charge is 0.213 e. The molecule has 2 heterocycles. The van der Waals surface area contributed by atoms with Crippen LogP contribution in [-0.4, -0.2) is 41.1 Å². The Morgan fingerprint density at radius 3 is 3.11 bits per heavy atom. The van der Waals surface area contributed by atoms with Crippen LogP contribution in [0.15, 0.2) is 18.2 Å². The molecule has 0 saturated carbocycles. The molecule has 1 atom stereocenters. The molecule has 4 nitrogen and oxygen atoms in total. The van der Waals surface area contributed by atoms with E-state index >= 15 is 0 Å². The highest BCUT2D eigenvalue weighted by Gasteiger charge is 2.20. The van der Waals surface area contributed by atoms with Crippen LogP contribution in [0.2, 0.25) is 0 Å². The normalized spacial score (nSPS) is 19.9. The average Bonchev–Trinajstić information content (AvgIpc) is 2.76. The van der Waals surface area contributed by atoms with Crippen molar-refractivity contribution in [1.29, 1.82) is 0 Å². The molecule has 1 saturated heterocycles.